The molecule has 230 valence electrons. The third-order valence-electron chi connectivity index (χ3n) is 15.0. The molecule has 6 aliphatic rings. The first-order valence-corrected chi connectivity index (χ1v) is 17.5. The molecule has 2 amide bonds. The summed E-state index contributed by atoms with van der Waals surface area (Å²) in [7, 11) is 0. The number of urea groups is 1. The van der Waals surface area contributed by atoms with Gasteiger partial charge in [0.05, 0.1) is 0 Å². The van der Waals surface area contributed by atoms with Crippen molar-refractivity contribution in [2.24, 2.45) is 50.7 Å². The summed E-state index contributed by atoms with van der Waals surface area (Å²) < 4.78 is 0. The zero-order valence-corrected chi connectivity index (χ0v) is 27.7. The molecule has 6 aliphatic carbocycles. The van der Waals surface area contributed by atoms with E-state index in [4.69, 9.17) is 0 Å². The van der Waals surface area contributed by atoms with E-state index in [-0.39, 0.29) is 33.7 Å². The fraction of sp³-hybridized carbons (Fsp3) is 0.892. The highest BCUT2D eigenvalue weighted by molar-refractivity contribution is 6.00. The van der Waals surface area contributed by atoms with Crippen LogP contribution in [0.3, 0.4) is 0 Å². The van der Waals surface area contributed by atoms with Crippen molar-refractivity contribution in [1.29, 1.82) is 0 Å². The third kappa shape index (κ3) is 4.25. The molecule has 0 aromatic carbocycles. The van der Waals surface area contributed by atoms with E-state index in [2.05, 4.69) is 66.0 Å². The molecule has 0 saturated heterocycles. The molecule has 1 unspecified atom stereocenters. The minimum absolute atomic E-state index is 0.0687. The van der Waals surface area contributed by atoms with Crippen LogP contribution in [-0.2, 0) is 4.79 Å². The number of hydrogen-bond acceptors (Lipinski definition) is 2. The second-order valence-corrected chi connectivity index (χ2v) is 17.6. The zero-order chi connectivity index (χ0) is 29.6. The molecule has 0 aliphatic heterocycles. The van der Waals surface area contributed by atoms with Crippen LogP contribution in [0.5, 0.6) is 0 Å². The van der Waals surface area contributed by atoms with Crippen LogP contribution >= 0.6 is 0 Å². The van der Waals surface area contributed by atoms with E-state index in [0.717, 1.165) is 32.1 Å². The first-order chi connectivity index (χ1) is 19.2. The molecule has 0 aromatic rings. The average molecular weight is 565 g/mol. The van der Waals surface area contributed by atoms with Gasteiger partial charge in [0, 0.05) is 18.5 Å². The largest absolute Gasteiger partial charge is 0.335 e. The number of carbonyl (C=O) groups excluding carboxylic acids is 2. The Bertz CT molecular complexity index is 1120. The molecule has 0 bridgehead atoms. The van der Waals surface area contributed by atoms with Gasteiger partial charge in [0.25, 0.3) is 0 Å². The third-order valence-corrected chi connectivity index (χ3v) is 15.0. The zero-order valence-electron chi connectivity index (χ0n) is 27.7. The maximum atomic E-state index is 13.5. The minimum atomic E-state index is 0.0687. The SMILES string of the molecule is CC(C)C1=C2[C@H]3CC[C@@H]4[C@@]5(C)C(NC(=O)NC6CCCCC6)CCC(C)(C)[C@@H]5CC[C@@]4(C)[C@]3(C)CC[C@@]2(C)CC1=O. The van der Waals surface area contributed by atoms with Gasteiger partial charge in [0.1, 0.15) is 0 Å². The predicted octanol–water partition coefficient (Wildman–Crippen LogP) is 8.99. The highest BCUT2D eigenvalue weighted by atomic mass is 16.2. The first-order valence-electron chi connectivity index (χ1n) is 17.5. The van der Waals surface area contributed by atoms with Crippen LogP contribution in [0.1, 0.15) is 145 Å². The van der Waals surface area contributed by atoms with Gasteiger partial charge in [0.2, 0.25) is 0 Å². The van der Waals surface area contributed by atoms with E-state index in [0.29, 0.717) is 40.9 Å². The highest BCUT2D eigenvalue weighted by Gasteiger charge is 2.70. The Balaban J connectivity index is 1.35. The summed E-state index contributed by atoms with van der Waals surface area (Å²) in [5.41, 5.74) is 3.61. The van der Waals surface area contributed by atoms with Crippen LogP contribution in [0.2, 0.25) is 0 Å². The first kappa shape index (κ1) is 29.7. The van der Waals surface area contributed by atoms with Crippen molar-refractivity contribution in [2.75, 3.05) is 0 Å². The van der Waals surface area contributed by atoms with Crippen LogP contribution in [0.4, 0.5) is 4.79 Å². The molecule has 0 radical (unpaired) electrons. The number of ketones is 1. The number of carbonyl (C=O) groups is 2. The fourth-order valence-corrected chi connectivity index (χ4v) is 12.7. The lowest BCUT2D eigenvalue weighted by atomic mass is 9.32. The molecule has 4 nitrogen and oxygen atoms in total. The van der Waals surface area contributed by atoms with Gasteiger partial charge in [-0.2, -0.15) is 0 Å². The molecule has 41 heavy (non-hydrogen) atoms. The van der Waals surface area contributed by atoms with E-state index in [1.165, 1.54) is 63.4 Å². The van der Waals surface area contributed by atoms with Crippen molar-refractivity contribution < 1.29 is 9.59 Å². The van der Waals surface area contributed by atoms with Gasteiger partial charge >= 0.3 is 6.03 Å². The maximum Gasteiger partial charge on any atom is 0.315 e. The van der Waals surface area contributed by atoms with E-state index < -0.39 is 0 Å². The van der Waals surface area contributed by atoms with Crippen molar-refractivity contribution in [3.8, 4) is 0 Å². The molecule has 6 rings (SSSR count). The van der Waals surface area contributed by atoms with Gasteiger partial charge in [-0.25, -0.2) is 4.79 Å². The number of hydrogen-bond donors (Lipinski definition) is 2. The lowest BCUT2D eigenvalue weighted by molar-refractivity contribution is -0.219. The number of Topliss-reactive ketones (excluding diaryl/α,β-unsaturated/α-hetero) is 1. The van der Waals surface area contributed by atoms with E-state index >= 15 is 0 Å². The van der Waals surface area contributed by atoms with Gasteiger partial charge < -0.3 is 10.6 Å². The molecule has 2 N–H and O–H groups in total. The summed E-state index contributed by atoms with van der Waals surface area (Å²) >= 11 is 0. The highest BCUT2D eigenvalue weighted by Crippen LogP contribution is 2.76. The molecular weight excluding hydrogens is 504 g/mol. The number of nitrogens with one attached hydrogen (secondary N) is 2. The Morgan fingerprint density at radius 2 is 1.46 bits per heavy atom. The van der Waals surface area contributed by atoms with Crippen LogP contribution in [-0.4, -0.2) is 23.9 Å². The monoisotopic (exact) mass is 564 g/mol. The lowest BCUT2D eigenvalue weighted by Crippen LogP contribution is -2.69. The second kappa shape index (κ2) is 9.85. The summed E-state index contributed by atoms with van der Waals surface area (Å²) in [5.74, 6) is 2.47. The van der Waals surface area contributed by atoms with Gasteiger partial charge in [-0.3, -0.25) is 4.79 Å². The van der Waals surface area contributed by atoms with Crippen LogP contribution in [0.25, 0.3) is 0 Å². The smallest absolute Gasteiger partial charge is 0.315 e. The van der Waals surface area contributed by atoms with Crippen molar-refractivity contribution in [3.63, 3.8) is 0 Å². The van der Waals surface area contributed by atoms with Gasteiger partial charge in [-0.15, -0.1) is 0 Å². The fourth-order valence-electron chi connectivity index (χ4n) is 12.7. The molecule has 4 heteroatoms. The van der Waals surface area contributed by atoms with E-state index in [1.807, 2.05) is 0 Å². The Labute approximate surface area is 251 Å². The molecule has 5 fully saturated rings. The summed E-state index contributed by atoms with van der Waals surface area (Å²) in [6, 6.07) is 0.645. The molecule has 0 spiro atoms. The Kier molecular flexibility index (Phi) is 7.14. The molecule has 5 saturated carbocycles. The quantitative estimate of drug-likeness (QED) is 0.359. The second-order valence-electron chi connectivity index (χ2n) is 17.6. The summed E-state index contributed by atoms with van der Waals surface area (Å²) in [5, 5.41) is 7.04. The van der Waals surface area contributed by atoms with Crippen LogP contribution in [0.15, 0.2) is 11.1 Å². The minimum Gasteiger partial charge on any atom is -0.335 e. The van der Waals surface area contributed by atoms with Crippen LogP contribution < -0.4 is 10.6 Å². The Morgan fingerprint density at radius 1 is 0.756 bits per heavy atom. The van der Waals surface area contributed by atoms with Crippen molar-refractivity contribution in [1.82, 2.24) is 10.6 Å². The van der Waals surface area contributed by atoms with Crippen molar-refractivity contribution in [3.05, 3.63) is 11.1 Å². The summed E-state index contributed by atoms with van der Waals surface area (Å²) in [6.45, 7) is 19.8. The number of allylic oxidation sites excluding steroid dienone is 2. The molecule has 0 heterocycles. The average Bonchev–Trinajstić information content (AvgIpc) is 3.17. The van der Waals surface area contributed by atoms with Gasteiger partial charge in [0.15, 0.2) is 5.78 Å². The molecule has 0 aromatic heterocycles. The van der Waals surface area contributed by atoms with E-state index in [1.54, 1.807) is 5.57 Å². The van der Waals surface area contributed by atoms with Crippen molar-refractivity contribution >= 4 is 11.8 Å². The van der Waals surface area contributed by atoms with Crippen LogP contribution in [0, 0.1) is 50.7 Å². The molecule has 8 atom stereocenters. The maximum absolute atomic E-state index is 13.5. The topological polar surface area (TPSA) is 58.2 Å². The normalized spacial score (nSPS) is 45.9. The Hall–Kier alpha value is -1.32. The van der Waals surface area contributed by atoms with E-state index in [9.17, 15) is 9.59 Å². The number of rotatable bonds is 3. The van der Waals surface area contributed by atoms with Crippen molar-refractivity contribution in [2.45, 2.75) is 157 Å². The Morgan fingerprint density at radius 3 is 2.15 bits per heavy atom. The predicted molar refractivity (Wildman–Crippen MR) is 167 cm³/mol. The van der Waals surface area contributed by atoms with Gasteiger partial charge in [-0.05, 0) is 121 Å². The summed E-state index contributed by atoms with van der Waals surface area (Å²) in [4.78, 5) is 26.9. The summed E-state index contributed by atoms with van der Waals surface area (Å²) in [6.07, 6.45) is 16.4. The lowest BCUT2D eigenvalue weighted by Gasteiger charge is -2.72. The van der Waals surface area contributed by atoms with Gasteiger partial charge in [-0.1, -0.05) is 80.2 Å². The standard InChI is InChI=1S/C37H60N2O2/c1-23(2)30-26(40)22-34(5)20-21-35(6)25(31(30)34)14-15-28-36(35,7)19-16-27-33(3,4)18-17-29(37(27,28)8)39-32(41)38-24-12-10-9-11-13-24/h23-25,27-29H,9-22H2,1-8H3,(H2,38,39,41)/t25-,27+,28+,29?,34+,35-,36-,37+/m1/s1. The number of fused-ring (bicyclic) bond motifs is 7. The number of amides is 2. The molecular formula is C37H60N2O2.